The molecule has 21 heavy (non-hydrogen) atoms. The van der Waals surface area contributed by atoms with Gasteiger partial charge in [-0.2, -0.15) is 0 Å². The molecule has 3 heterocycles. The molecule has 6 heteroatoms. The molecule has 0 aliphatic carbocycles. The maximum Gasteiger partial charge on any atom is 0.227 e. The van der Waals surface area contributed by atoms with Crippen LogP contribution < -0.4 is 0 Å². The van der Waals surface area contributed by atoms with Crippen molar-refractivity contribution in [3.05, 3.63) is 48.3 Å². The maximum atomic E-state index is 12.4. The molecule has 1 fully saturated rings. The third-order valence-corrected chi connectivity index (χ3v) is 3.91. The SMILES string of the molecule is CN1CCN(C(=O)Cc2cccnc2)C[C@@H]1c1ncc[nH]1. The summed E-state index contributed by atoms with van der Waals surface area (Å²) in [4.78, 5) is 28.1. The van der Waals surface area contributed by atoms with Crippen LogP contribution in [0.2, 0.25) is 0 Å². The van der Waals surface area contributed by atoms with E-state index in [4.69, 9.17) is 0 Å². The zero-order chi connectivity index (χ0) is 14.7. The van der Waals surface area contributed by atoms with E-state index in [-0.39, 0.29) is 11.9 Å². The Morgan fingerprint density at radius 3 is 3.05 bits per heavy atom. The van der Waals surface area contributed by atoms with Crippen LogP contribution in [0.3, 0.4) is 0 Å². The van der Waals surface area contributed by atoms with Crippen molar-refractivity contribution in [2.45, 2.75) is 12.5 Å². The third kappa shape index (κ3) is 3.11. The number of H-pyrrole nitrogens is 1. The van der Waals surface area contributed by atoms with Crippen LogP contribution in [0.1, 0.15) is 17.4 Å². The lowest BCUT2D eigenvalue weighted by atomic mass is 10.1. The molecule has 110 valence electrons. The summed E-state index contributed by atoms with van der Waals surface area (Å²) in [5, 5.41) is 0. The first-order valence-corrected chi connectivity index (χ1v) is 7.10. The molecule has 0 saturated carbocycles. The number of piperazine rings is 1. The fourth-order valence-electron chi connectivity index (χ4n) is 2.64. The number of carbonyl (C=O) groups is 1. The van der Waals surface area contributed by atoms with Crippen molar-refractivity contribution in [3.63, 3.8) is 0 Å². The van der Waals surface area contributed by atoms with Gasteiger partial charge in [0.1, 0.15) is 5.82 Å². The Morgan fingerprint density at radius 2 is 2.33 bits per heavy atom. The average molecular weight is 285 g/mol. The molecule has 0 bridgehead atoms. The van der Waals surface area contributed by atoms with Gasteiger partial charge in [-0.05, 0) is 18.7 Å². The van der Waals surface area contributed by atoms with Crippen molar-refractivity contribution in [1.29, 1.82) is 0 Å². The van der Waals surface area contributed by atoms with E-state index in [9.17, 15) is 4.79 Å². The number of aromatic nitrogens is 3. The molecule has 0 spiro atoms. The summed E-state index contributed by atoms with van der Waals surface area (Å²) in [5.74, 6) is 1.06. The molecule has 0 aromatic carbocycles. The largest absolute Gasteiger partial charge is 0.347 e. The van der Waals surface area contributed by atoms with Gasteiger partial charge in [0.2, 0.25) is 5.91 Å². The number of pyridine rings is 1. The van der Waals surface area contributed by atoms with Crippen LogP contribution in [-0.4, -0.2) is 57.3 Å². The zero-order valence-corrected chi connectivity index (χ0v) is 12.1. The van der Waals surface area contributed by atoms with Crippen LogP contribution in [0.15, 0.2) is 36.9 Å². The molecule has 3 rings (SSSR count). The minimum Gasteiger partial charge on any atom is -0.347 e. The highest BCUT2D eigenvalue weighted by Gasteiger charge is 2.29. The maximum absolute atomic E-state index is 12.4. The van der Waals surface area contributed by atoms with Crippen molar-refractivity contribution < 1.29 is 4.79 Å². The molecule has 0 radical (unpaired) electrons. The quantitative estimate of drug-likeness (QED) is 0.908. The van der Waals surface area contributed by atoms with E-state index in [1.807, 2.05) is 23.2 Å². The standard InChI is InChI=1S/C15H19N5O/c1-19-7-8-20(11-13(19)15-17-5-6-18-15)14(21)9-12-3-2-4-16-10-12/h2-6,10,13H,7-9,11H2,1H3,(H,17,18)/t13-/m1/s1. The Morgan fingerprint density at radius 1 is 1.43 bits per heavy atom. The zero-order valence-electron chi connectivity index (χ0n) is 12.1. The highest BCUT2D eigenvalue weighted by molar-refractivity contribution is 5.78. The number of nitrogens with zero attached hydrogens (tertiary/aromatic N) is 4. The molecule has 1 aliphatic heterocycles. The van der Waals surface area contributed by atoms with Gasteiger partial charge in [0, 0.05) is 44.4 Å². The molecule has 2 aromatic rings. The van der Waals surface area contributed by atoms with Crippen LogP contribution in [0.4, 0.5) is 0 Å². The summed E-state index contributed by atoms with van der Waals surface area (Å²) in [6.45, 7) is 2.28. The summed E-state index contributed by atoms with van der Waals surface area (Å²) in [5.41, 5.74) is 0.955. The molecule has 1 N–H and O–H groups in total. The van der Waals surface area contributed by atoms with Gasteiger partial charge in [0.15, 0.2) is 0 Å². The van der Waals surface area contributed by atoms with Gasteiger partial charge in [-0.25, -0.2) is 4.98 Å². The second kappa shape index (κ2) is 6.05. The van der Waals surface area contributed by atoms with Crippen LogP contribution in [0.5, 0.6) is 0 Å². The first-order chi connectivity index (χ1) is 10.2. The highest BCUT2D eigenvalue weighted by atomic mass is 16.2. The predicted octanol–water partition coefficient (Wildman–Crippen LogP) is 0.862. The van der Waals surface area contributed by atoms with Crippen molar-refractivity contribution >= 4 is 5.91 Å². The van der Waals surface area contributed by atoms with Gasteiger partial charge >= 0.3 is 0 Å². The monoisotopic (exact) mass is 285 g/mol. The molecule has 6 nitrogen and oxygen atoms in total. The normalized spacial score (nSPS) is 19.7. The van der Waals surface area contributed by atoms with Gasteiger partial charge in [0.05, 0.1) is 12.5 Å². The number of amides is 1. The van der Waals surface area contributed by atoms with Crippen molar-refractivity contribution in [2.24, 2.45) is 0 Å². The smallest absolute Gasteiger partial charge is 0.227 e. The van der Waals surface area contributed by atoms with E-state index >= 15 is 0 Å². The van der Waals surface area contributed by atoms with Gasteiger partial charge in [-0.3, -0.25) is 14.7 Å². The number of likely N-dealkylation sites (N-methyl/N-ethyl adjacent to an activating group) is 1. The van der Waals surface area contributed by atoms with Crippen LogP contribution in [0, 0.1) is 0 Å². The molecular weight excluding hydrogens is 266 g/mol. The second-order valence-electron chi connectivity index (χ2n) is 5.35. The number of nitrogens with one attached hydrogen (secondary N) is 1. The Bertz CT molecular complexity index is 583. The molecular formula is C15H19N5O. The number of aromatic amines is 1. The van der Waals surface area contributed by atoms with E-state index < -0.39 is 0 Å². The number of imidazole rings is 1. The summed E-state index contributed by atoms with van der Waals surface area (Å²) in [7, 11) is 2.07. The van der Waals surface area contributed by atoms with Gasteiger partial charge in [-0.15, -0.1) is 0 Å². The summed E-state index contributed by atoms with van der Waals surface area (Å²) >= 11 is 0. The molecule has 0 unspecified atom stereocenters. The number of hydrogen-bond acceptors (Lipinski definition) is 4. The number of hydrogen-bond donors (Lipinski definition) is 1. The minimum absolute atomic E-state index is 0.131. The van der Waals surface area contributed by atoms with E-state index in [0.717, 1.165) is 24.5 Å². The first kappa shape index (κ1) is 13.8. The summed E-state index contributed by atoms with van der Waals surface area (Å²) in [6, 6.07) is 3.93. The Hall–Kier alpha value is -2.21. The second-order valence-corrected chi connectivity index (χ2v) is 5.35. The Labute approximate surface area is 123 Å². The third-order valence-electron chi connectivity index (χ3n) is 3.91. The van der Waals surface area contributed by atoms with E-state index in [0.29, 0.717) is 13.0 Å². The molecule has 1 amide bonds. The lowest BCUT2D eigenvalue weighted by Gasteiger charge is -2.38. The first-order valence-electron chi connectivity index (χ1n) is 7.10. The predicted molar refractivity (Wildman–Crippen MR) is 78.5 cm³/mol. The van der Waals surface area contributed by atoms with Gasteiger partial charge in [-0.1, -0.05) is 6.07 Å². The molecule has 1 saturated heterocycles. The number of carbonyl (C=O) groups excluding carboxylic acids is 1. The molecule has 1 atom stereocenters. The lowest BCUT2D eigenvalue weighted by molar-refractivity contribution is -0.133. The summed E-state index contributed by atoms with van der Waals surface area (Å²) < 4.78 is 0. The Balaban J connectivity index is 1.67. The van der Waals surface area contributed by atoms with Gasteiger partial charge < -0.3 is 9.88 Å². The lowest BCUT2D eigenvalue weighted by Crippen LogP contribution is -2.49. The van der Waals surface area contributed by atoms with E-state index in [1.165, 1.54) is 0 Å². The van der Waals surface area contributed by atoms with Crippen LogP contribution in [-0.2, 0) is 11.2 Å². The highest BCUT2D eigenvalue weighted by Crippen LogP contribution is 2.21. The Kier molecular flexibility index (Phi) is 3.96. The van der Waals surface area contributed by atoms with Crippen molar-refractivity contribution in [3.8, 4) is 0 Å². The van der Waals surface area contributed by atoms with E-state index in [2.05, 4.69) is 26.9 Å². The minimum atomic E-state index is 0.131. The van der Waals surface area contributed by atoms with Gasteiger partial charge in [0.25, 0.3) is 0 Å². The number of rotatable bonds is 3. The molecule has 2 aromatic heterocycles. The average Bonchev–Trinajstić information content (AvgIpc) is 3.03. The fourth-order valence-corrected chi connectivity index (χ4v) is 2.64. The summed E-state index contributed by atoms with van der Waals surface area (Å²) in [6.07, 6.45) is 7.44. The fraction of sp³-hybridized carbons (Fsp3) is 0.400. The van der Waals surface area contributed by atoms with Crippen LogP contribution >= 0.6 is 0 Å². The van der Waals surface area contributed by atoms with Crippen molar-refractivity contribution in [1.82, 2.24) is 24.8 Å². The van der Waals surface area contributed by atoms with Crippen molar-refractivity contribution in [2.75, 3.05) is 26.7 Å². The molecule has 1 aliphatic rings. The van der Waals surface area contributed by atoms with E-state index in [1.54, 1.807) is 18.6 Å². The topological polar surface area (TPSA) is 65.1 Å². The van der Waals surface area contributed by atoms with Crippen LogP contribution in [0.25, 0.3) is 0 Å².